The van der Waals surface area contributed by atoms with Crippen LogP contribution in [0.3, 0.4) is 0 Å². The Balaban J connectivity index is 1.55. The number of hydrogen-bond acceptors (Lipinski definition) is 2. The van der Waals surface area contributed by atoms with E-state index in [1.807, 2.05) is 12.1 Å². The summed E-state index contributed by atoms with van der Waals surface area (Å²) in [5.74, 6) is 0.445. The van der Waals surface area contributed by atoms with Gasteiger partial charge in [0, 0.05) is 19.2 Å². The largest absolute Gasteiger partial charge is 0.380 e. The summed E-state index contributed by atoms with van der Waals surface area (Å²) in [5, 5.41) is 3.51. The topological polar surface area (TPSA) is 21.3 Å². The smallest absolute Gasteiger partial charge is 0.123 e. The molecular formula is C16H24FNO. The van der Waals surface area contributed by atoms with Crippen LogP contribution in [0, 0.1) is 5.82 Å². The average molecular weight is 265 g/mol. The van der Waals surface area contributed by atoms with Crippen molar-refractivity contribution in [1.29, 1.82) is 0 Å². The van der Waals surface area contributed by atoms with Crippen molar-refractivity contribution in [2.75, 3.05) is 19.8 Å². The summed E-state index contributed by atoms with van der Waals surface area (Å²) in [6.07, 6.45) is 4.65. The van der Waals surface area contributed by atoms with E-state index < -0.39 is 0 Å². The van der Waals surface area contributed by atoms with Crippen molar-refractivity contribution in [3.05, 3.63) is 35.6 Å². The van der Waals surface area contributed by atoms with Gasteiger partial charge in [0.1, 0.15) is 5.82 Å². The molecule has 1 aromatic rings. The fourth-order valence-corrected chi connectivity index (χ4v) is 2.48. The van der Waals surface area contributed by atoms with Gasteiger partial charge in [-0.25, -0.2) is 4.39 Å². The molecule has 0 aromatic heterocycles. The average Bonchev–Trinajstić information content (AvgIpc) is 2.37. The van der Waals surface area contributed by atoms with Crippen molar-refractivity contribution in [2.45, 2.75) is 44.6 Å². The number of nitrogens with one attached hydrogen (secondary N) is 1. The van der Waals surface area contributed by atoms with Crippen LogP contribution < -0.4 is 5.32 Å². The maximum atomic E-state index is 12.8. The van der Waals surface area contributed by atoms with Crippen molar-refractivity contribution < 1.29 is 9.13 Å². The Labute approximate surface area is 115 Å². The summed E-state index contributed by atoms with van der Waals surface area (Å²) in [7, 11) is 0. The van der Waals surface area contributed by atoms with E-state index in [0.29, 0.717) is 12.0 Å². The maximum Gasteiger partial charge on any atom is 0.123 e. The molecule has 0 radical (unpaired) electrons. The van der Waals surface area contributed by atoms with E-state index in [1.54, 1.807) is 12.1 Å². The Hall–Kier alpha value is -0.930. The highest BCUT2D eigenvalue weighted by molar-refractivity contribution is 5.23. The summed E-state index contributed by atoms with van der Waals surface area (Å²) in [4.78, 5) is 0. The molecule has 0 atom stereocenters. The van der Waals surface area contributed by atoms with Gasteiger partial charge >= 0.3 is 0 Å². The number of halogens is 1. The predicted molar refractivity (Wildman–Crippen MR) is 75.9 cm³/mol. The van der Waals surface area contributed by atoms with Gasteiger partial charge in [-0.15, -0.1) is 0 Å². The molecule has 0 spiro atoms. The van der Waals surface area contributed by atoms with Gasteiger partial charge in [-0.2, -0.15) is 0 Å². The monoisotopic (exact) mass is 265 g/mol. The van der Waals surface area contributed by atoms with E-state index in [1.165, 1.54) is 12.0 Å². The number of rotatable bonds is 8. The molecule has 0 saturated heterocycles. The van der Waals surface area contributed by atoms with Gasteiger partial charge in [0.15, 0.2) is 0 Å². The summed E-state index contributed by atoms with van der Waals surface area (Å²) in [6, 6.07) is 7.52. The molecular weight excluding hydrogens is 241 g/mol. The third kappa shape index (κ3) is 4.59. The summed E-state index contributed by atoms with van der Waals surface area (Å²) in [5.41, 5.74) is 1.26. The summed E-state index contributed by atoms with van der Waals surface area (Å²) < 4.78 is 18.3. The fraction of sp³-hybridized carbons (Fsp3) is 0.625. The first-order valence-corrected chi connectivity index (χ1v) is 7.36. The Morgan fingerprint density at radius 2 is 1.95 bits per heavy atom. The second-order valence-corrected chi connectivity index (χ2v) is 5.34. The van der Waals surface area contributed by atoms with Crippen LogP contribution in [0.1, 0.15) is 44.1 Å². The molecule has 106 valence electrons. The SMILES string of the molecule is CCCCOCCNC1CC(c2ccc(F)cc2)C1. The van der Waals surface area contributed by atoms with Crippen molar-refractivity contribution in [3.63, 3.8) is 0 Å². The third-order valence-corrected chi connectivity index (χ3v) is 3.80. The first-order valence-electron chi connectivity index (χ1n) is 7.36. The van der Waals surface area contributed by atoms with Gasteiger partial charge in [-0.3, -0.25) is 0 Å². The highest BCUT2D eigenvalue weighted by Crippen LogP contribution is 2.36. The Bertz CT molecular complexity index is 360. The second-order valence-electron chi connectivity index (χ2n) is 5.34. The van der Waals surface area contributed by atoms with Gasteiger partial charge < -0.3 is 10.1 Å². The van der Waals surface area contributed by atoms with Crippen molar-refractivity contribution in [2.24, 2.45) is 0 Å². The minimum Gasteiger partial charge on any atom is -0.380 e. The molecule has 1 fully saturated rings. The van der Waals surface area contributed by atoms with E-state index in [9.17, 15) is 4.39 Å². The van der Waals surface area contributed by atoms with Crippen LogP contribution in [0.5, 0.6) is 0 Å². The second kappa shape index (κ2) is 7.61. The van der Waals surface area contributed by atoms with E-state index >= 15 is 0 Å². The third-order valence-electron chi connectivity index (χ3n) is 3.80. The van der Waals surface area contributed by atoms with Crippen molar-refractivity contribution in [3.8, 4) is 0 Å². The molecule has 1 saturated carbocycles. The summed E-state index contributed by atoms with van der Waals surface area (Å²) >= 11 is 0. The van der Waals surface area contributed by atoms with E-state index in [4.69, 9.17) is 4.74 Å². The fourth-order valence-electron chi connectivity index (χ4n) is 2.48. The van der Waals surface area contributed by atoms with Crippen LogP contribution in [0.2, 0.25) is 0 Å². The van der Waals surface area contributed by atoms with Crippen molar-refractivity contribution in [1.82, 2.24) is 5.32 Å². The number of ether oxygens (including phenoxy) is 1. The molecule has 1 aromatic carbocycles. The lowest BCUT2D eigenvalue weighted by Crippen LogP contribution is -2.41. The molecule has 0 unspecified atom stereocenters. The van der Waals surface area contributed by atoms with Crippen LogP contribution in [0.4, 0.5) is 4.39 Å². The van der Waals surface area contributed by atoms with E-state index in [0.717, 1.165) is 39.0 Å². The molecule has 2 rings (SSSR count). The Morgan fingerprint density at radius 1 is 1.21 bits per heavy atom. The lowest BCUT2D eigenvalue weighted by molar-refractivity contribution is 0.126. The Kier molecular flexibility index (Phi) is 5.80. The number of hydrogen-bond donors (Lipinski definition) is 1. The first-order chi connectivity index (χ1) is 9.29. The van der Waals surface area contributed by atoms with Crippen LogP contribution in [-0.2, 0) is 4.74 Å². The van der Waals surface area contributed by atoms with Crippen LogP contribution in [0.25, 0.3) is 0 Å². The number of benzene rings is 1. The summed E-state index contributed by atoms with van der Waals surface area (Å²) in [6.45, 7) is 4.79. The van der Waals surface area contributed by atoms with E-state index in [-0.39, 0.29) is 5.82 Å². The van der Waals surface area contributed by atoms with E-state index in [2.05, 4.69) is 12.2 Å². The first kappa shape index (κ1) is 14.5. The van der Waals surface area contributed by atoms with Crippen molar-refractivity contribution >= 4 is 0 Å². The normalized spacial score (nSPS) is 22.2. The molecule has 3 heteroatoms. The van der Waals surface area contributed by atoms with Gasteiger partial charge in [0.2, 0.25) is 0 Å². The van der Waals surface area contributed by atoms with Gasteiger partial charge in [-0.1, -0.05) is 25.5 Å². The highest BCUT2D eigenvalue weighted by Gasteiger charge is 2.29. The van der Waals surface area contributed by atoms with Crippen LogP contribution >= 0.6 is 0 Å². The van der Waals surface area contributed by atoms with Crippen LogP contribution in [-0.4, -0.2) is 25.8 Å². The molecule has 0 bridgehead atoms. The molecule has 0 amide bonds. The van der Waals surface area contributed by atoms with Crippen LogP contribution in [0.15, 0.2) is 24.3 Å². The lowest BCUT2D eigenvalue weighted by atomic mass is 9.76. The zero-order valence-electron chi connectivity index (χ0n) is 11.7. The number of unbranched alkanes of at least 4 members (excludes halogenated alkanes) is 1. The minimum atomic E-state index is -0.151. The lowest BCUT2D eigenvalue weighted by Gasteiger charge is -2.36. The molecule has 19 heavy (non-hydrogen) atoms. The zero-order chi connectivity index (χ0) is 13.5. The van der Waals surface area contributed by atoms with Gasteiger partial charge in [0.05, 0.1) is 6.61 Å². The standard InChI is InChI=1S/C16H24FNO/c1-2-3-9-19-10-8-18-16-11-14(12-16)13-4-6-15(17)7-5-13/h4-7,14,16,18H,2-3,8-12H2,1H3. The molecule has 1 N–H and O–H groups in total. The minimum absolute atomic E-state index is 0.151. The molecule has 1 aliphatic carbocycles. The molecule has 2 nitrogen and oxygen atoms in total. The maximum absolute atomic E-state index is 12.8. The quantitative estimate of drug-likeness (QED) is 0.727. The highest BCUT2D eigenvalue weighted by atomic mass is 19.1. The molecule has 1 aliphatic rings. The Morgan fingerprint density at radius 3 is 2.63 bits per heavy atom. The molecule has 0 heterocycles. The predicted octanol–water partition coefficient (Wildman–Crippen LogP) is 3.48. The van der Waals surface area contributed by atoms with Gasteiger partial charge in [-0.05, 0) is 42.9 Å². The van der Waals surface area contributed by atoms with Gasteiger partial charge in [0.25, 0.3) is 0 Å². The zero-order valence-corrected chi connectivity index (χ0v) is 11.7. The molecule has 0 aliphatic heterocycles.